The molecule has 2 rings (SSSR count). The number of benzene rings is 1. The summed E-state index contributed by atoms with van der Waals surface area (Å²) in [7, 11) is 0. The fourth-order valence-electron chi connectivity index (χ4n) is 1.99. The second kappa shape index (κ2) is 4.31. The molecule has 0 saturated carbocycles. The lowest BCUT2D eigenvalue weighted by Crippen LogP contribution is -2.31. The van der Waals surface area contributed by atoms with Crippen molar-refractivity contribution in [2.24, 2.45) is 5.73 Å². The van der Waals surface area contributed by atoms with E-state index in [4.69, 9.17) is 22.1 Å². The van der Waals surface area contributed by atoms with Crippen molar-refractivity contribution >= 4 is 17.7 Å². The Balaban J connectivity index is 2.38. The number of hydrogen-bond donors (Lipinski definition) is 2. The highest BCUT2D eigenvalue weighted by Gasteiger charge is 2.30. The number of halogens is 1. The van der Waals surface area contributed by atoms with E-state index in [1.165, 1.54) is 0 Å². The molecule has 5 heteroatoms. The smallest absolute Gasteiger partial charge is 0.405 e. The monoisotopic (exact) mass is 241 g/mol. The second-order valence-corrected chi connectivity index (χ2v) is 4.24. The minimum absolute atomic E-state index is 0.547. The number of carbonyl (C=O) groups is 1. The molecule has 3 N–H and O–H groups in total. The number of amides is 1. The Morgan fingerprint density at radius 3 is 3.00 bits per heavy atom. The first kappa shape index (κ1) is 11.2. The van der Waals surface area contributed by atoms with E-state index < -0.39 is 18.3 Å². The molecule has 86 valence electrons. The molecule has 1 aromatic rings. The maximum absolute atomic E-state index is 10.8. The van der Waals surface area contributed by atoms with Gasteiger partial charge < -0.3 is 15.6 Å². The molecule has 1 aliphatic rings. The SMILES string of the molecule is NC(=O)O[C@H]1c2cc(Cl)ccc2CC[C@H]1O. The van der Waals surface area contributed by atoms with Gasteiger partial charge in [-0.3, -0.25) is 0 Å². The quantitative estimate of drug-likeness (QED) is 0.787. The highest BCUT2D eigenvalue weighted by Crippen LogP contribution is 2.34. The highest BCUT2D eigenvalue weighted by atomic mass is 35.5. The number of rotatable bonds is 1. The topological polar surface area (TPSA) is 72.6 Å². The van der Waals surface area contributed by atoms with Crippen molar-refractivity contribution in [3.05, 3.63) is 34.3 Å². The van der Waals surface area contributed by atoms with Crippen LogP contribution >= 0.6 is 11.6 Å². The Morgan fingerprint density at radius 1 is 1.56 bits per heavy atom. The van der Waals surface area contributed by atoms with E-state index >= 15 is 0 Å². The standard InChI is InChI=1S/C11H12ClNO3/c12-7-3-1-6-2-4-9(14)10(8(6)5-7)16-11(13)15/h1,3,5,9-10,14H,2,4H2,(H2,13,15)/t9-,10+/m1/s1. The largest absolute Gasteiger partial charge is 0.439 e. The zero-order valence-electron chi connectivity index (χ0n) is 8.52. The predicted molar refractivity (Wildman–Crippen MR) is 59.2 cm³/mol. The summed E-state index contributed by atoms with van der Waals surface area (Å²) in [6.07, 6.45) is -1.03. The van der Waals surface area contributed by atoms with Gasteiger partial charge >= 0.3 is 6.09 Å². The van der Waals surface area contributed by atoms with Gasteiger partial charge in [-0.1, -0.05) is 17.7 Å². The molecule has 0 spiro atoms. The van der Waals surface area contributed by atoms with Crippen molar-refractivity contribution in [2.75, 3.05) is 0 Å². The summed E-state index contributed by atoms with van der Waals surface area (Å²) in [5.74, 6) is 0. The molecule has 4 nitrogen and oxygen atoms in total. The summed E-state index contributed by atoms with van der Waals surface area (Å²) in [6, 6.07) is 5.35. The molecule has 0 unspecified atom stereocenters. The fraction of sp³-hybridized carbons (Fsp3) is 0.364. The zero-order valence-corrected chi connectivity index (χ0v) is 9.28. The minimum Gasteiger partial charge on any atom is -0.439 e. The van der Waals surface area contributed by atoms with Gasteiger partial charge in [0, 0.05) is 5.02 Å². The second-order valence-electron chi connectivity index (χ2n) is 3.81. The Labute approximate surface area is 98.0 Å². The van der Waals surface area contributed by atoms with Crippen molar-refractivity contribution in [2.45, 2.75) is 25.0 Å². The normalized spacial score (nSPS) is 23.6. The van der Waals surface area contributed by atoms with Crippen LogP contribution in [0.25, 0.3) is 0 Å². The molecule has 1 aliphatic carbocycles. The molecule has 2 atom stereocenters. The van der Waals surface area contributed by atoms with Crippen molar-refractivity contribution in [1.29, 1.82) is 0 Å². The number of primary amides is 1. The van der Waals surface area contributed by atoms with Crippen molar-refractivity contribution in [1.82, 2.24) is 0 Å². The number of carbonyl (C=O) groups excluding carboxylic acids is 1. The third-order valence-electron chi connectivity index (χ3n) is 2.72. The number of fused-ring (bicyclic) bond motifs is 1. The fourth-order valence-corrected chi connectivity index (χ4v) is 2.17. The number of nitrogens with two attached hydrogens (primary N) is 1. The summed E-state index contributed by atoms with van der Waals surface area (Å²) in [6.45, 7) is 0. The average molecular weight is 242 g/mol. The average Bonchev–Trinajstić information content (AvgIpc) is 2.22. The number of ether oxygens (including phenoxy) is 1. The molecule has 1 amide bonds. The minimum atomic E-state index is -0.892. The van der Waals surface area contributed by atoms with Gasteiger partial charge in [-0.25, -0.2) is 4.79 Å². The van der Waals surface area contributed by atoms with Crippen LogP contribution in [0.4, 0.5) is 4.79 Å². The molecule has 0 aromatic heterocycles. The van der Waals surface area contributed by atoms with E-state index in [0.717, 1.165) is 17.5 Å². The van der Waals surface area contributed by atoms with Gasteiger partial charge in [0.2, 0.25) is 0 Å². The van der Waals surface area contributed by atoms with Gasteiger partial charge in [0.05, 0.1) is 6.10 Å². The van der Waals surface area contributed by atoms with Gasteiger partial charge in [0.1, 0.15) is 0 Å². The Morgan fingerprint density at radius 2 is 2.31 bits per heavy atom. The number of aliphatic hydroxyl groups is 1. The van der Waals surface area contributed by atoms with Crippen LogP contribution in [0.1, 0.15) is 23.7 Å². The number of hydrogen-bond acceptors (Lipinski definition) is 3. The van der Waals surface area contributed by atoms with E-state index in [2.05, 4.69) is 0 Å². The number of aliphatic hydroxyl groups excluding tert-OH is 1. The van der Waals surface area contributed by atoms with Crippen LogP contribution in [0, 0.1) is 0 Å². The van der Waals surface area contributed by atoms with Crippen LogP contribution in [0.2, 0.25) is 5.02 Å². The summed E-state index contributed by atoms with van der Waals surface area (Å²) in [5, 5.41) is 10.3. The first-order valence-corrected chi connectivity index (χ1v) is 5.38. The first-order valence-electron chi connectivity index (χ1n) is 5.00. The van der Waals surface area contributed by atoms with E-state index in [1.54, 1.807) is 12.1 Å². The lowest BCUT2D eigenvalue weighted by atomic mass is 9.87. The van der Waals surface area contributed by atoms with Gasteiger partial charge in [0.15, 0.2) is 6.10 Å². The third kappa shape index (κ3) is 2.13. The molecular weight excluding hydrogens is 230 g/mol. The summed E-state index contributed by atoms with van der Waals surface area (Å²) in [5.41, 5.74) is 6.74. The molecule has 0 radical (unpaired) electrons. The maximum Gasteiger partial charge on any atom is 0.405 e. The van der Waals surface area contributed by atoms with Crippen molar-refractivity contribution < 1.29 is 14.6 Å². The van der Waals surface area contributed by atoms with Gasteiger partial charge in [0.25, 0.3) is 0 Å². The molecule has 0 aliphatic heterocycles. The van der Waals surface area contributed by atoms with Crippen molar-refractivity contribution in [3.63, 3.8) is 0 Å². The van der Waals surface area contributed by atoms with E-state index in [9.17, 15) is 9.90 Å². The van der Waals surface area contributed by atoms with Crippen LogP contribution in [0.5, 0.6) is 0 Å². The van der Waals surface area contributed by atoms with Crippen LogP contribution < -0.4 is 5.73 Å². The highest BCUT2D eigenvalue weighted by molar-refractivity contribution is 6.30. The molecular formula is C11H12ClNO3. The lowest BCUT2D eigenvalue weighted by molar-refractivity contribution is -0.00511. The number of aryl methyl sites for hydroxylation is 1. The Bertz CT molecular complexity index is 422. The molecule has 0 saturated heterocycles. The Kier molecular flexibility index (Phi) is 3.03. The predicted octanol–water partition coefficient (Wildman–Crippen LogP) is 1.78. The van der Waals surface area contributed by atoms with Gasteiger partial charge in [-0.2, -0.15) is 0 Å². The van der Waals surface area contributed by atoms with Crippen LogP contribution in [-0.4, -0.2) is 17.3 Å². The first-order chi connectivity index (χ1) is 7.58. The van der Waals surface area contributed by atoms with E-state index in [-0.39, 0.29) is 0 Å². The van der Waals surface area contributed by atoms with Crippen LogP contribution in [0.15, 0.2) is 18.2 Å². The molecule has 16 heavy (non-hydrogen) atoms. The molecule has 0 bridgehead atoms. The molecule has 0 fully saturated rings. The van der Waals surface area contributed by atoms with E-state index in [0.29, 0.717) is 11.4 Å². The molecule has 0 heterocycles. The molecule has 1 aromatic carbocycles. The third-order valence-corrected chi connectivity index (χ3v) is 2.95. The van der Waals surface area contributed by atoms with Gasteiger partial charge in [-0.15, -0.1) is 0 Å². The van der Waals surface area contributed by atoms with Gasteiger partial charge in [-0.05, 0) is 36.1 Å². The zero-order chi connectivity index (χ0) is 11.7. The summed E-state index contributed by atoms with van der Waals surface area (Å²) >= 11 is 5.87. The van der Waals surface area contributed by atoms with E-state index in [1.807, 2.05) is 6.07 Å². The maximum atomic E-state index is 10.8. The Hall–Kier alpha value is -1.26. The van der Waals surface area contributed by atoms with Crippen LogP contribution in [-0.2, 0) is 11.2 Å². The summed E-state index contributed by atoms with van der Waals surface area (Å²) in [4.78, 5) is 10.8. The summed E-state index contributed by atoms with van der Waals surface area (Å²) < 4.78 is 4.92. The van der Waals surface area contributed by atoms with Crippen molar-refractivity contribution in [3.8, 4) is 0 Å². The van der Waals surface area contributed by atoms with Crippen LogP contribution in [0.3, 0.4) is 0 Å². The lowest BCUT2D eigenvalue weighted by Gasteiger charge is -2.29.